The van der Waals surface area contributed by atoms with Crippen LogP contribution in [0.1, 0.15) is 72.3 Å². The molecule has 34 heavy (non-hydrogen) atoms. The van der Waals surface area contributed by atoms with Crippen molar-refractivity contribution in [3.8, 4) is 10.4 Å². The highest BCUT2D eigenvalue weighted by molar-refractivity contribution is 7.17. The van der Waals surface area contributed by atoms with E-state index in [-0.39, 0.29) is 23.5 Å². The molecule has 3 saturated heterocycles. The Morgan fingerprint density at radius 3 is 2.71 bits per heavy atom. The number of thiazole rings is 1. The van der Waals surface area contributed by atoms with Crippen molar-refractivity contribution in [2.24, 2.45) is 0 Å². The average molecular weight is 484 g/mol. The van der Waals surface area contributed by atoms with Crippen molar-refractivity contribution in [3.05, 3.63) is 28.5 Å². The Labute approximate surface area is 204 Å². The first-order chi connectivity index (χ1) is 16.3. The Bertz CT molecular complexity index is 1100. The number of hydrogen-bond acceptors (Lipinski definition) is 7. The number of pyridine rings is 1. The molecule has 5 heterocycles. The van der Waals surface area contributed by atoms with E-state index < -0.39 is 0 Å². The molecule has 3 aliphatic rings. The van der Waals surface area contributed by atoms with Crippen molar-refractivity contribution in [2.45, 2.75) is 71.1 Å². The van der Waals surface area contributed by atoms with Crippen LogP contribution in [-0.4, -0.2) is 75.5 Å². The number of nitrogens with zero attached hydrogens (tertiary/aromatic N) is 4. The van der Waals surface area contributed by atoms with Crippen molar-refractivity contribution in [3.63, 3.8) is 0 Å². The molecule has 0 saturated carbocycles. The minimum Gasteiger partial charge on any atom is -0.371 e. The topological polar surface area (TPSA) is 87.7 Å². The number of nitrogens with one attached hydrogen (secondary N) is 1. The molecule has 1 N–H and O–H groups in total. The molecule has 5 rings (SSSR count). The maximum Gasteiger partial charge on any atom is 0.283 e. The molecule has 0 aromatic carbocycles. The number of anilines is 1. The molecule has 3 fully saturated rings. The van der Waals surface area contributed by atoms with Gasteiger partial charge in [-0.3, -0.25) is 9.59 Å². The molecule has 8 nitrogen and oxygen atoms in total. The lowest BCUT2D eigenvalue weighted by Crippen LogP contribution is -2.69. The fourth-order valence-corrected chi connectivity index (χ4v) is 6.01. The quantitative estimate of drug-likeness (QED) is 0.669. The zero-order valence-electron chi connectivity index (χ0n) is 20.4. The summed E-state index contributed by atoms with van der Waals surface area (Å²) in [6.45, 7) is 11.0. The molecule has 0 bridgehead atoms. The summed E-state index contributed by atoms with van der Waals surface area (Å²) in [4.78, 5) is 40.4. The van der Waals surface area contributed by atoms with E-state index in [9.17, 15) is 9.59 Å². The van der Waals surface area contributed by atoms with Crippen molar-refractivity contribution in [2.75, 3.05) is 31.6 Å². The molecular weight excluding hydrogens is 450 g/mol. The van der Waals surface area contributed by atoms with Crippen LogP contribution in [0.2, 0.25) is 0 Å². The SMILES string of the molecule is CC[C@@H](C)Nc1cc(C)c(-c2sc(C(=O)N3CC4(CCO4)C3)nc2C(=O)N2CCC[C@@H]2C)cn1. The normalized spacial score (nSPS) is 21.8. The summed E-state index contributed by atoms with van der Waals surface area (Å²) in [5, 5.41) is 3.76. The molecule has 0 aliphatic carbocycles. The summed E-state index contributed by atoms with van der Waals surface area (Å²) in [6, 6.07) is 2.50. The number of amides is 2. The lowest BCUT2D eigenvalue weighted by atomic mass is 9.86. The lowest BCUT2D eigenvalue weighted by Gasteiger charge is -2.54. The molecule has 2 amide bonds. The van der Waals surface area contributed by atoms with Gasteiger partial charge in [0.1, 0.15) is 17.1 Å². The molecule has 0 unspecified atom stereocenters. The van der Waals surface area contributed by atoms with Crippen molar-refractivity contribution < 1.29 is 14.3 Å². The summed E-state index contributed by atoms with van der Waals surface area (Å²) in [5.41, 5.74) is 2.07. The predicted molar refractivity (Wildman–Crippen MR) is 132 cm³/mol. The molecular formula is C25H33N5O3S. The molecule has 2 aromatic rings. The standard InChI is InChI=1S/C25H33N5O3S/c1-5-16(3)27-19-11-15(2)18(12-26-19)21-20(23(31)30-9-6-7-17(30)4)28-22(34-21)24(32)29-13-25(14-29)8-10-33-25/h11-12,16-17H,5-10,13-14H2,1-4H3,(H,26,27)/t16-,17+/m1/s1. The van der Waals surface area contributed by atoms with Gasteiger partial charge < -0.3 is 19.9 Å². The van der Waals surface area contributed by atoms with Gasteiger partial charge in [-0.2, -0.15) is 0 Å². The molecule has 2 aromatic heterocycles. The Morgan fingerprint density at radius 1 is 1.35 bits per heavy atom. The number of carbonyl (C=O) groups is 2. The van der Waals surface area contributed by atoms with E-state index in [4.69, 9.17) is 4.74 Å². The third kappa shape index (κ3) is 4.09. The highest BCUT2D eigenvalue weighted by Crippen LogP contribution is 2.39. The van der Waals surface area contributed by atoms with Crippen LogP contribution in [0.5, 0.6) is 0 Å². The van der Waals surface area contributed by atoms with Gasteiger partial charge in [-0.1, -0.05) is 6.92 Å². The van der Waals surface area contributed by atoms with E-state index in [2.05, 4.69) is 36.1 Å². The molecule has 182 valence electrons. The largest absolute Gasteiger partial charge is 0.371 e. The summed E-state index contributed by atoms with van der Waals surface area (Å²) in [6.07, 6.45) is 5.78. The average Bonchev–Trinajstić information content (AvgIpc) is 3.38. The van der Waals surface area contributed by atoms with Crippen molar-refractivity contribution >= 4 is 29.0 Å². The Hall–Kier alpha value is -2.52. The van der Waals surface area contributed by atoms with Crippen LogP contribution in [0, 0.1) is 6.92 Å². The van der Waals surface area contributed by atoms with Gasteiger partial charge in [-0.15, -0.1) is 11.3 Å². The smallest absolute Gasteiger partial charge is 0.283 e. The van der Waals surface area contributed by atoms with E-state index >= 15 is 0 Å². The first kappa shape index (κ1) is 23.2. The second-order valence-electron chi connectivity index (χ2n) is 9.97. The Balaban J connectivity index is 1.47. The van der Waals surface area contributed by atoms with Crippen LogP contribution in [0.15, 0.2) is 12.3 Å². The summed E-state index contributed by atoms with van der Waals surface area (Å²) in [7, 11) is 0. The fraction of sp³-hybridized carbons (Fsp3) is 0.600. The molecule has 3 aliphatic heterocycles. The van der Waals surface area contributed by atoms with Crippen LogP contribution < -0.4 is 5.32 Å². The third-order valence-electron chi connectivity index (χ3n) is 7.40. The van der Waals surface area contributed by atoms with Crippen LogP contribution in [0.3, 0.4) is 0 Å². The highest BCUT2D eigenvalue weighted by Gasteiger charge is 2.51. The van der Waals surface area contributed by atoms with Gasteiger partial charge in [0, 0.05) is 36.8 Å². The number of ether oxygens (including phenoxy) is 1. The van der Waals surface area contributed by atoms with Gasteiger partial charge in [0.15, 0.2) is 5.01 Å². The van der Waals surface area contributed by atoms with Gasteiger partial charge in [0.25, 0.3) is 11.8 Å². The molecule has 1 spiro atoms. The Morgan fingerprint density at radius 2 is 2.12 bits per heavy atom. The van der Waals surface area contributed by atoms with Crippen LogP contribution in [0.4, 0.5) is 5.82 Å². The monoisotopic (exact) mass is 483 g/mol. The number of rotatable bonds is 6. The predicted octanol–water partition coefficient (Wildman–Crippen LogP) is 3.96. The second kappa shape index (κ2) is 8.92. The first-order valence-electron chi connectivity index (χ1n) is 12.3. The van der Waals surface area contributed by atoms with Crippen LogP contribution >= 0.6 is 11.3 Å². The Kier molecular flexibility index (Phi) is 6.10. The number of likely N-dealkylation sites (tertiary alicyclic amines) is 2. The minimum absolute atomic E-state index is 0.0982. The van der Waals surface area contributed by atoms with E-state index in [1.807, 2.05) is 17.9 Å². The van der Waals surface area contributed by atoms with Gasteiger partial charge in [0.05, 0.1) is 24.6 Å². The maximum atomic E-state index is 13.6. The van der Waals surface area contributed by atoms with Crippen LogP contribution in [0.25, 0.3) is 10.4 Å². The first-order valence-corrected chi connectivity index (χ1v) is 13.1. The highest BCUT2D eigenvalue weighted by atomic mass is 32.1. The fourth-order valence-electron chi connectivity index (χ4n) is 4.91. The van der Waals surface area contributed by atoms with E-state index in [1.165, 1.54) is 11.3 Å². The number of aryl methyl sites for hydroxylation is 1. The minimum atomic E-state index is -0.141. The molecule has 0 radical (unpaired) electrons. The summed E-state index contributed by atoms with van der Waals surface area (Å²) >= 11 is 1.30. The van der Waals surface area contributed by atoms with Crippen molar-refractivity contribution in [1.29, 1.82) is 0 Å². The zero-order chi connectivity index (χ0) is 24.0. The number of aromatic nitrogens is 2. The number of hydrogen-bond donors (Lipinski definition) is 1. The van der Waals surface area contributed by atoms with Gasteiger partial charge in [0.2, 0.25) is 0 Å². The zero-order valence-corrected chi connectivity index (χ0v) is 21.2. The molecule has 2 atom stereocenters. The van der Waals surface area contributed by atoms with Crippen LogP contribution in [-0.2, 0) is 4.74 Å². The van der Waals surface area contributed by atoms with E-state index in [1.54, 1.807) is 11.1 Å². The summed E-state index contributed by atoms with van der Waals surface area (Å²) in [5.74, 6) is 0.587. The summed E-state index contributed by atoms with van der Waals surface area (Å²) < 4.78 is 5.66. The van der Waals surface area contributed by atoms with Gasteiger partial charge >= 0.3 is 0 Å². The van der Waals surface area contributed by atoms with Gasteiger partial charge in [-0.05, 0) is 51.7 Å². The van der Waals surface area contributed by atoms with E-state index in [0.29, 0.717) is 29.8 Å². The number of carbonyl (C=O) groups excluding carboxylic acids is 2. The molecule has 9 heteroatoms. The van der Waals surface area contributed by atoms with E-state index in [0.717, 1.165) is 60.7 Å². The van der Waals surface area contributed by atoms with Gasteiger partial charge in [-0.25, -0.2) is 9.97 Å². The maximum absolute atomic E-state index is 13.6. The third-order valence-corrected chi connectivity index (χ3v) is 8.48. The lowest BCUT2D eigenvalue weighted by molar-refractivity contribution is -0.209. The second-order valence-corrected chi connectivity index (χ2v) is 11.0. The van der Waals surface area contributed by atoms with Crippen molar-refractivity contribution in [1.82, 2.24) is 19.8 Å².